The van der Waals surface area contributed by atoms with Crippen LogP contribution < -0.4 is 14.8 Å². The normalized spacial score (nSPS) is 12.3. The molecule has 0 fully saturated rings. The van der Waals surface area contributed by atoms with E-state index < -0.39 is 0 Å². The second-order valence-corrected chi connectivity index (χ2v) is 5.30. The standard InChI is InChI=1S/C13H20ClNO2S/c1-9(8-18-4)15-7-10-5-6-11(16-2)13(17-3)12(10)14/h5-6,9,15H,7-8H2,1-4H3. The lowest BCUT2D eigenvalue weighted by Gasteiger charge is -2.16. The second-order valence-electron chi connectivity index (χ2n) is 4.01. The van der Waals surface area contributed by atoms with Crippen molar-refractivity contribution < 1.29 is 9.47 Å². The highest BCUT2D eigenvalue weighted by Gasteiger charge is 2.13. The highest BCUT2D eigenvalue weighted by Crippen LogP contribution is 2.37. The largest absolute Gasteiger partial charge is 0.493 e. The third-order valence-corrected chi connectivity index (χ3v) is 3.87. The molecule has 0 aliphatic heterocycles. The van der Waals surface area contributed by atoms with Crippen molar-refractivity contribution in [2.75, 3.05) is 26.2 Å². The van der Waals surface area contributed by atoms with Crippen LogP contribution in [0, 0.1) is 0 Å². The second kappa shape index (κ2) is 7.77. The monoisotopic (exact) mass is 289 g/mol. The first-order chi connectivity index (χ1) is 8.63. The van der Waals surface area contributed by atoms with Crippen LogP contribution in [0.1, 0.15) is 12.5 Å². The average molecular weight is 290 g/mol. The van der Waals surface area contributed by atoms with E-state index >= 15 is 0 Å². The minimum atomic E-state index is 0.448. The van der Waals surface area contributed by atoms with Crippen LogP contribution in [0.5, 0.6) is 11.5 Å². The smallest absolute Gasteiger partial charge is 0.179 e. The lowest BCUT2D eigenvalue weighted by molar-refractivity contribution is 0.354. The molecule has 1 rings (SSSR count). The van der Waals surface area contributed by atoms with Gasteiger partial charge in [-0.1, -0.05) is 17.7 Å². The van der Waals surface area contributed by atoms with Gasteiger partial charge in [0.25, 0.3) is 0 Å². The number of ether oxygens (including phenoxy) is 2. The fourth-order valence-electron chi connectivity index (χ4n) is 1.66. The first-order valence-corrected chi connectivity index (χ1v) is 7.52. The number of thioether (sulfide) groups is 1. The molecule has 1 atom stereocenters. The van der Waals surface area contributed by atoms with Crippen LogP contribution in [0.4, 0.5) is 0 Å². The van der Waals surface area contributed by atoms with Crippen molar-refractivity contribution in [2.24, 2.45) is 0 Å². The third kappa shape index (κ3) is 3.97. The summed E-state index contributed by atoms with van der Waals surface area (Å²) in [5.41, 5.74) is 1.02. The van der Waals surface area contributed by atoms with Gasteiger partial charge in [-0.2, -0.15) is 11.8 Å². The van der Waals surface area contributed by atoms with Crippen LogP contribution in [0.2, 0.25) is 5.02 Å². The number of hydrogen-bond acceptors (Lipinski definition) is 4. The van der Waals surface area contributed by atoms with Gasteiger partial charge in [-0.15, -0.1) is 0 Å². The highest BCUT2D eigenvalue weighted by molar-refractivity contribution is 7.98. The molecule has 0 radical (unpaired) electrons. The van der Waals surface area contributed by atoms with Gasteiger partial charge < -0.3 is 14.8 Å². The number of nitrogens with one attached hydrogen (secondary N) is 1. The molecule has 0 aliphatic carbocycles. The van der Waals surface area contributed by atoms with Crippen molar-refractivity contribution >= 4 is 23.4 Å². The summed E-state index contributed by atoms with van der Waals surface area (Å²) in [4.78, 5) is 0. The van der Waals surface area contributed by atoms with Gasteiger partial charge in [-0.25, -0.2) is 0 Å². The summed E-state index contributed by atoms with van der Waals surface area (Å²) >= 11 is 8.13. The number of methoxy groups -OCH3 is 2. The molecule has 0 bridgehead atoms. The molecule has 5 heteroatoms. The Morgan fingerprint density at radius 3 is 2.61 bits per heavy atom. The van der Waals surface area contributed by atoms with Crippen LogP contribution in [0.25, 0.3) is 0 Å². The Morgan fingerprint density at radius 2 is 2.06 bits per heavy atom. The first-order valence-electron chi connectivity index (χ1n) is 5.75. The van der Waals surface area contributed by atoms with Crippen molar-refractivity contribution in [1.82, 2.24) is 5.32 Å². The van der Waals surface area contributed by atoms with E-state index in [1.165, 1.54) is 0 Å². The topological polar surface area (TPSA) is 30.5 Å². The van der Waals surface area contributed by atoms with Crippen molar-refractivity contribution in [3.8, 4) is 11.5 Å². The Labute approximate surface area is 118 Å². The van der Waals surface area contributed by atoms with Gasteiger partial charge >= 0.3 is 0 Å². The van der Waals surface area contributed by atoms with Gasteiger partial charge in [0.05, 0.1) is 19.2 Å². The maximum absolute atomic E-state index is 6.30. The van der Waals surface area contributed by atoms with Crippen molar-refractivity contribution in [3.63, 3.8) is 0 Å². The molecule has 0 amide bonds. The number of benzene rings is 1. The summed E-state index contributed by atoms with van der Waals surface area (Å²) in [6, 6.07) is 4.29. The molecular formula is C13H20ClNO2S. The zero-order valence-electron chi connectivity index (χ0n) is 11.2. The van der Waals surface area contributed by atoms with Gasteiger partial charge in [0, 0.05) is 18.3 Å². The average Bonchev–Trinajstić information content (AvgIpc) is 2.37. The molecule has 0 aromatic heterocycles. The Bertz CT molecular complexity index is 387. The highest BCUT2D eigenvalue weighted by atomic mass is 35.5. The molecule has 0 spiro atoms. The lowest BCUT2D eigenvalue weighted by atomic mass is 10.2. The Morgan fingerprint density at radius 1 is 1.33 bits per heavy atom. The van der Waals surface area contributed by atoms with Crippen LogP contribution in [0.3, 0.4) is 0 Å². The molecule has 3 nitrogen and oxygen atoms in total. The number of rotatable bonds is 7. The molecule has 0 aliphatic rings. The Balaban J connectivity index is 2.78. The zero-order valence-corrected chi connectivity index (χ0v) is 12.8. The van der Waals surface area contributed by atoms with E-state index in [0.29, 0.717) is 22.6 Å². The number of hydrogen-bond donors (Lipinski definition) is 1. The van der Waals surface area contributed by atoms with Crippen molar-refractivity contribution in [1.29, 1.82) is 0 Å². The summed E-state index contributed by atoms with van der Waals surface area (Å²) in [6.45, 7) is 2.88. The minimum Gasteiger partial charge on any atom is -0.493 e. The molecule has 1 aromatic rings. The summed E-state index contributed by atoms with van der Waals surface area (Å²) in [6.07, 6.45) is 2.10. The fraction of sp³-hybridized carbons (Fsp3) is 0.538. The fourth-order valence-corrected chi connectivity index (χ4v) is 2.58. The van der Waals surface area contributed by atoms with E-state index in [1.807, 2.05) is 23.9 Å². The molecule has 1 N–H and O–H groups in total. The Kier molecular flexibility index (Phi) is 6.68. The summed E-state index contributed by atoms with van der Waals surface area (Å²) in [5.74, 6) is 2.32. The van der Waals surface area contributed by atoms with E-state index in [1.54, 1.807) is 14.2 Å². The molecule has 0 heterocycles. The molecule has 18 heavy (non-hydrogen) atoms. The van der Waals surface area contributed by atoms with E-state index in [2.05, 4.69) is 18.5 Å². The quantitative estimate of drug-likeness (QED) is 0.835. The molecule has 0 saturated heterocycles. The predicted molar refractivity (Wildman–Crippen MR) is 79.2 cm³/mol. The minimum absolute atomic E-state index is 0.448. The molecule has 0 saturated carbocycles. The molecular weight excluding hydrogens is 270 g/mol. The van der Waals surface area contributed by atoms with E-state index in [0.717, 1.165) is 17.9 Å². The van der Waals surface area contributed by atoms with Gasteiger partial charge in [0.2, 0.25) is 0 Å². The SMILES string of the molecule is COc1ccc(CNC(C)CSC)c(Cl)c1OC. The van der Waals surface area contributed by atoms with Gasteiger partial charge in [-0.05, 0) is 24.8 Å². The first kappa shape index (κ1) is 15.5. The van der Waals surface area contributed by atoms with Crippen LogP contribution in [0.15, 0.2) is 12.1 Å². The van der Waals surface area contributed by atoms with E-state index in [4.69, 9.17) is 21.1 Å². The van der Waals surface area contributed by atoms with Crippen molar-refractivity contribution in [3.05, 3.63) is 22.7 Å². The molecule has 1 unspecified atom stereocenters. The Hall–Kier alpha value is -0.580. The summed E-state index contributed by atoms with van der Waals surface area (Å²) in [7, 11) is 3.20. The maximum atomic E-state index is 6.30. The van der Waals surface area contributed by atoms with Gasteiger partial charge in [0.15, 0.2) is 11.5 Å². The zero-order chi connectivity index (χ0) is 13.5. The van der Waals surface area contributed by atoms with E-state index in [-0.39, 0.29) is 0 Å². The van der Waals surface area contributed by atoms with Gasteiger partial charge in [0.1, 0.15) is 0 Å². The van der Waals surface area contributed by atoms with Crippen LogP contribution >= 0.6 is 23.4 Å². The summed E-state index contributed by atoms with van der Waals surface area (Å²) in [5, 5.41) is 4.04. The van der Waals surface area contributed by atoms with E-state index in [9.17, 15) is 0 Å². The predicted octanol–water partition coefficient (Wildman–Crippen LogP) is 3.20. The third-order valence-electron chi connectivity index (χ3n) is 2.62. The molecule has 102 valence electrons. The molecule has 1 aromatic carbocycles. The van der Waals surface area contributed by atoms with Crippen LogP contribution in [-0.4, -0.2) is 32.3 Å². The van der Waals surface area contributed by atoms with Gasteiger partial charge in [-0.3, -0.25) is 0 Å². The van der Waals surface area contributed by atoms with Crippen molar-refractivity contribution in [2.45, 2.75) is 19.5 Å². The lowest BCUT2D eigenvalue weighted by Crippen LogP contribution is -2.27. The van der Waals surface area contributed by atoms with Crippen LogP contribution in [-0.2, 0) is 6.54 Å². The maximum Gasteiger partial charge on any atom is 0.179 e. The summed E-state index contributed by atoms with van der Waals surface area (Å²) < 4.78 is 10.5. The number of halogens is 1.